The first-order valence-corrected chi connectivity index (χ1v) is 8.96. The van der Waals surface area contributed by atoms with E-state index in [2.05, 4.69) is 19.7 Å². The molecule has 7 nitrogen and oxygen atoms in total. The highest BCUT2D eigenvalue weighted by Crippen LogP contribution is 2.23. The first-order valence-electron chi connectivity index (χ1n) is 7.47. The normalized spacial score (nSPS) is 13.1. The number of ether oxygens (including phenoxy) is 1. The maximum atomic E-state index is 12.7. The molecule has 0 aliphatic rings. The van der Waals surface area contributed by atoms with Crippen molar-refractivity contribution in [1.29, 1.82) is 0 Å². The zero-order valence-electron chi connectivity index (χ0n) is 13.3. The first kappa shape index (κ1) is 16.4. The molecule has 0 amide bonds. The average molecular weight is 347 g/mol. The smallest absolute Gasteiger partial charge is 0.243 e. The van der Waals surface area contributed by atoms with Gasteiger partial charge in [0.15, 0.2) is 5.52 Å². The van der Waals surface area contributed by atoms with Crippen molar-refractivity contribution in [2.24, 2.45) is 0 Å². The Bertz CT molecular complexity index is 935. The number of nitrogens with one attached hydrogen (secondary N) is 1. The van der Waals surface area contributed by atoms with E-state index in [0.29, 0.717) is 12.1 Å². The second-order valence-electron chi connectivity index (χ2n) is 5.23. The Labute approximate surface area is 139 Å². The standard InChI is InChI=1S/C16H17N3O4S/c1-3-22-13-9-7-12(8-10-13)11(2)19-24(20,21)15-6-4-5-14-16(15)18-23-17-14/h4-11,19H,3H2,1-2H3/t11-/m0/s1. The summed E-state index contributed by atoms with van der Waals surface area (Å²) in [5, 5.41) is 7.34. The fraction of sp³-hybridized carbons (Fsp3) is 0.250. The number of aromatic nitrogens is 2. The largest absolute Gasteiger partial charge is 0.494 e. The second-order valence-corrected chi connectivity index (χ2v) is 6.92. The lowest BCUT2D eigenvalue weighted by Crippen LogP contribution is -2.27. The van der Waals surface area contributed by atoms with Crippen LogP contribution in [0.1, 0.15) is 25.5 Å². The van der Waals surface area contributed by atoms with E-state index in [1.54, 1.807) is 19.1 Å². The zero-order chi connectivity index (χ0) is 17.2. The maximum Gasteiger partial charge on any atom is 0.243 e. The van der Waals surface area contributed by atoms with E-state index < -0.39 is 16.1 Å². The molecule has 24 heavy (non-hydrogen) atoms. The van der Waals surface area contributed by atoms with E-state index in [1.807, 2.05) is 31.2 Å². The Hall–Kier alpha value is -2.45. The number of rotatable bonds is 6. The molecule has 3 aromatic rings. The Morgan fingerprint density at radius 3 is 2.62 bits per heavy atom. The van der Waals surface area contributed by atoms with Gasteiger partial charge < -0.3 is 4.74 Å². The van der Waals surface area contributed by atoms with Gasteiger partial charge in [0.2, 0.25) is 10.0 Å². The lowest BCUT2D eigenvalue weighted by atomic mass is 10.1. The Balaban J connectivity index is 1.84. The molecular weight excluding hydrogens is 330 g/mol. The highest BCUT2D eigenvalue weighted by Gasteiger charge is 2.22. The number of hydrogen-bond donors (Lipinski definition) is 1. The number of benzene rings is 2. The molecule has 0 saturated heterocycles. The Morgan fingerprint density at radius 2 is 1.92 bits per heavy atom. The van der Waals surface area contributed by atoms with Crippen LogP contribution in [0.5, 0.6) is 5.75 Å². The van der Waals surface area contributed by atoms with Crippen LogP contribution in [0, 0.1) is 0 Å². The first-order chi connectivity index (χ1) is 11.5. The molecule has 3 rings (SSSR count). The number of hydrogen-bond acceptors (Lipinski definition) is 6. The molecule has 0 fully saturated rings. The van der Waals surface area contributed by atoms with Crippen LogP contribution in [0.4, 0.5) is 0 Å². The lowest BCUT2D eigenvalue weighted by Gasteiger charge is -2.15. The van der Waals surface area contributed by atoms with Crippen LogP contribution in [0.25, 0.3) is 11.0 Å². The lowest BCUT2D eigenvalue weighted by molar-refractivity contribution is 0.315. The van der Waals surface area contributed by atoms with Gasteiger partial charge in [-0.3, -0.25) is 0 Å². The molecule has 1 N–H and O–H groups in total. The Morgan fingerprint density at radius 1 is 1.17 bits per heavy atom. The van der Waals surface area contributed by atoms with Gasteiger partial charge in [0.05, 0.1) is 6.61 Å². The molecule has 8 heteroatoms. The summed E-state index contributed by atoms with van der Waals surface area (Å²) in [6.45, 7) is 4.26. The topological polar surface area (TPSA) is 94.3 Å². The van der Waals surface area contributed by atoms with E-state index >= 15 is 0 Å². The summed E-state index contributed by atoms with van der Waals surface area (Å²) in [5.74, 6) is 0.745. The van der Waals surface area contributed by atoms with E-state index in [4.69, 9.17) is 4.74 Å². The number of sulfonamides is 1. The summed E-state index contributed by atoms with van der Waals surface area (Å²) >= 11 is 0. The third kappa shape index (κ3) is 3.24. The molecule has 0 saturated carbocycles. The SMILES string of the molecule is CCOc1ccc([C@H](C)NS(=O)(=O)c2cccc3nonc23)cc1. The third-order valence-electron chi connectivity index (χ3n) is 3.56. The fourth-order valence-corrected chi connectivity index (χ4v) is 3.76. The summed E-state index contributed by atoms with van der Waals surface area (Å²) in [6.07, 6.45) is 0. The molecule has 2 aromatic carbocycles. The van der Waals surface area contributed by atoms with Crippen LogP contribution in [0.15, 0.2) is 52.0 Å². The molecule has 0 aliphatic heterocycles. The van der Waals surface area contributed by atoms with Crippen molar-refractivity contribution >= 4 is 21.1 Å². The van der Waals surface area contributed by atoms with Crippen LogP contribution in [-0.4, -0.2) is 25.3 Å². The summed E-state index contributed by atoms with van der Waals surface area (Å²) in [5.41, 5.74) is 1.43. The van der Waals surface area contributed by atoms with Gasteiger partial charge in [0.1, 0.15) is 16.2 Å². The Kier molecular flexibility index (Phi) is 4.50. The van der Waals surface area contributed by atoms with E-state index in [-0.39, 0.29) is 10.4 Å². The van der Waals surface area contributed by atoms with Crippen LogP contribution in [-0.2, 0) is 10.0 Å². The van der Waals surface area contributed by atoms with Crippen molar-refractivity contribution in [2.45, 2.75) is 24.8 Å². The summed E-state index contributed by atoms with van der Waals surface area (Å²) < 4.78 is 38.0. The van der Waals surface area contributed by atoms with Crippen molar-refractivity contribution in [2.75, 3.05) is 6.61 Å². The van der Waals surface area contributed by atoms with Gasteiger partial charge in [-0.2, -0.15) is 0 Å². The highest BCUT2D eigenvalue weighted by molar-refractivity contribution is 7.89. The summed E-state index contributed by atoms with van der Waals surface area (Å²) in [6, 6.07) is 11.6. The van der Waals surface area contributed by atoms with Gasteiger partial charge in [-0.25, -0.2) is 17.8 Å². The molecule has 0 radical (unpaired) electrons. The molecule has 1 heterocycles. The molecule has 1 atom stereocenters. The maximum absolute atomic E-state index is 12.7. The summed E-state index contributed by atoms with van der Waals surface area (Å²) in [4.78, 5) is 0.0408. The second kappa shape index (κ2) is 6.58. The predicted molar refractivity (Wildman–Crippen MR) is 88.2 cm³/mol. The van der Waals surface area contributed by atoms with E-state index in [1.165, 1.54) is 6.07 Å². The van der Waals surface area contributed by atoms with Crippen LogP contribution < -0.4 is 9.46 Å². The van der Waals surface area contributed by atoms with E-state index in [9.17, 15) is 8.42 Å². The number of nitrogens with zero attached hydrogens (tertiary/aromatic N) is 2. The van der Waals surface area contributed by atoms with Crippen molar-refractivity contribution in [3.63, 3.8) is 0 Å². The van der Waals surface area contributed by atoms with Gasteiger partial charge in [-0.05, 0) is 54.0 Å². The third-order valence-corrected chi connectivity index (χ3v) is 5.13. The van der Waals surface area contributed by atoms with Gasteiger partial charge in [-0.1, -0.05) is 18.2 Å². The van der Waals surface area contributed by atoms with Gasteiger partial charge >= 0.3 is 0 Å². The molecular formula is C16H17N3O4S. The van der Waals surface area contributed by atoms with Gasteiger partial charge in [0, 0.05) is 6.04 Å². The molecule has 0 unspecified atom stereocenters. The van der Waals surface area contributed by atoms with Gasteiger partial charge in [0.25, 0.3) is 0 Å². The highest BCUT2D eigenvalue weighted by atomic mass is 32.2. The van der Waals surface area contributed by atoms with Crippen molar-refractivity contribution in [3.05, 3.63) is 48.0 Å². The summed E-state index contributed by atoms with van der Waals surface area (Å²) in [7, 11) is -3.77. The number of fused-ring (bicyclic) bond motifs is 1. The van der Waals surface area contributed by atoms with E-state index in [0.717, 1.165) is 11.3 Å². The van der Waals surface area contributed by atoms with Crippen molar-refractivity contribution in [3.8, 4) is 5.75 Å². The van der Waals surface area contributed by atoms with Crippen molar-refractivity contribution < 1.29 is 17.8 Å². The molecule has 126 valence electrons. The van der Waals surface area contributed by atoms with Crippen LogP contribution >= 0.6 is 0 Å². The van der Waals surface area contributed by atoms with Crippen molar-refractivity contribution in [1.82, 2.24) is 15.0 Å². The van der Waals surface area contributed by atoms with Crippen LogP contribution in [0.2, 0.25) is 0 Å². The fourth-order valence-electron chi connectivity index (χ4n) is 2.38. The average Bonchev–Trinajstić information content (AvgIpc) is 3.03. The molecule has 1 aromatic heterocycles. The molecule has 0 bridgehead atoms. The predicted octanol–water partition coefficient (Wildman–Crippen LogP) is 2.66. The minimum absolute atomic E-state index is 0.0408. The molecule has 0 spiro atoms. The monoisotopic (exact) mass is 347 g/mol. The van der Waals surface area contributed by atoms with Crippen LogP contribution in [0.3, 0.4) is 0 Å². The molecule has 0 aliphatic carbocycles. The zero-order valence-corrected chi connectivity index (χ0v) is 14.1. The minimum Gasteiger partial charge on any atom is -0.494 e. The minimum atomic E-state index is -3.77. The van der Waals surface area contributed by atoms with Gasteiger partial charge in [-0.15, -0.1) is 0 Å². The quantitative estimate of drug-likeness (QED) is 0.737.